The Bertz CT molecular complexity index is 960. The molecule has 0 fully saturated rings. The molecule has 0 spiro atoms. The van der Waals surface area contributed by atoms with Crippen molar-refractivity contribution in [2.24, 2.45) is 0 Å². The molecule has 3 rings (SSSR count). The number of H-pyrrole nitrogens is 1. The zero-order valence-corrected chi connectivity index (χ0v) is 15.4. The Morgan fingerprint density at radius 1 is 1.08 bits per heavy atom. The van der Waals surface area contributed by atoms with E-state index < -0.39 is 12.1 Å². The number of rotatable bonds is 4. The van der Waals surface area contributed by atoms with Gasteiger partial charge in [0.2, 0.25) is 0 Å². The molecule has 5 nitrogen and oxygen atoms in total. The van der Waals surface area contributed by atoms with Crippen molar-refractivity contribution in [3.05, 3.63) is 65.4 Å². The van der Waals surface area contributed by atoms with Crippen molar-refractivity contribution in [3.63, 3.8) is 0 Å². The van der Waals surface area contributed by atoms with E-state index in [0.29, 0.717) is 5.56 Å². The summed E-state index contributed by atoms with van der Waals surface area (Å²) in [6, 6.07) is 14.6. The molecule has 0 radical (unpaired) electrons. The quantitative estimate of drug-likeness (QED) is 0.724. The van der Waals surface area contributed by atoms with Crippen molar-refractivity contribution < 1.29 is 14.3 Å². The molecular formula is C21H22N2O3. The molecule has 1 N–H and O–H groups in total. The first kappa shape index (κ1) is 17.7. The van der Waals surface area contributed by atoms with E-state index in [2.05, 4.69) is 4.98 Å². The normalized spacial score (nSPS) is 12.0. The average molecular weight is 350 g/mol. The van der Waals surface area contributed by atoms with E-state index in [1.165, 1.54) is 4.90 Å². The van der Waals surface area contributed by atoms with E-state index in [1.807, 2.05) is 50.2 Å². The highest BCUT2D eigenvalue weighted by molar-refractivity contribution is 6.00. The molecule has 0 aliphatic rings. The molecule has 5 heteroatoms. The lowest BCUT2D eigenvalue weighted by Gasteiger charge is -2.21. The molecule has 26 heavy (non-hydrogen) atoms. The smallest absolute Gasteiger partial charge is 0.338 e. The second-order valence-electron chi connectivity index (χ2n) is 6.42. The van der Waals surface area contributed by atoms with Crippen LogP contribution in [0.3, 0.4) is 0 Å². The van der Waals surface area contributed by atoms with Crippen LogP contribution in [0.15, 0.2) is 48.5 Å². The van der Waals surface area contributed by atoms with Gasteiger partial charge >= 0.3 is 5.97 Å². The number of hydrogen-bond donors (Lipinski definition) is 1. The highest BCUT2D eigenvalue weighted by atomic mass is 16.5. The van der Waals surface area contributed by atoms with Crippen LogP contribution in [-0.4, -0.2) is 30.0 Å². The maximum atomic E-state index is 12.5. The molecule has 0 aliphatic heterocycles. The number of fused-ring (bicyclic) bond motifs is 1. The van der Waals surface area contributed by atoms with Crippen LogP contribution in [0, 0.1) is 13.8 Å². The maximum absolute atomic E-state index is 12.5. The Labute approximate surface area is 152 Å². The van der Waals surface area contributed by atoms with Crippen LogP contribution >= 0.6 is 0 Å². The largest absolute Gasteiger partial charge is 0.449 e. The summed E-state index contributed by atoms with van der Waals surface area (Å²) in [6.07, 6.45) is -0.877. The second kappa shape index (κ2) is 7.04. The van der Waals surface area contributed by atoms with Gasteiger partial charge in [0.05, 0.1) is 5.56 Å². The number of carbonyl (C=O) groups is 2. The van der Waals surface area contributed by atoms with Gasteiger partial charge in [-0.3, -0.25) is 4.79 Å². The van der Waals surface area contributed by atoms with Gasteiger partial charge in [0.25, 0.3) is 5.91 Å². The van der Waals surface area contributed by atoms with Gasteiger partial charge in [0.1, 0.15) is 0 Å². The topological polar surface area (TPSA) is 62.4 Å². The highest BCUT2D eigenvalue weighted by Crippen LogP contribution is 2.23. The Morgan fingerprint density at radius 3 is 2.46 bits per heavy atom. The number of aromatic nitrogens is 1. The summed E-state index contributed by atoms with van der Waals surface area (Å²) >= 11 is 0. The molecule has 134 valence electrons. The molecule has 2 aromatic carbocycles. The number of benzene rings is 2. The summed E-state index contributed by atoms with van der Waals surface area (Å²) in [7, 11) is 1.67. The number of aromatic amines is 1. The third-order valence-corrected chi connectivity index (χ3v) is 4.65. The minimum atomic E-state index is -0.877. The number of carbonyl (C=O) groups excluding carboxylic acids is 2. The van der Waals surface area contributed by atoms with Gasteiger partial charge in [0, 0.05) is 29.3 Å². The van der Waals surface area contributed by atoms with Gasteiger partial charge in [-0.25, -0.2) is 4.79 Å². The number of nitrogens with zero attached hydrogens (tertiary/aromatic N) is 1. The third-order valence-electron chi connectivity index (χ3n) is 4.65. The Morgan fingerprint density at radius 2 is 1.77 bits per heavy atom. The van der Waals surface area contributed by atoms with Gasteiger partial charge < -0.3 is 14.6 Å². The van der Waals surface area contributed by atoms with E-state index in [-0.39, 0.29) is 5.91 Å². The summed E-state index contributed by atoms with van der Waals surface area (Å²) in [5.74, 6) is -0.785. The molecule has 0 saturated carbocycles. The van der Waals surface area contributed by atoms with Crippen molar-refractivity contribution in [2.75, 3.05) is 11.9 Å². The fourth-order valence-corrected chi connectivity index (χ4v) is 2.92. The summed E-state index contributed by atoms with van der Waals surface area (Å²) in [5, 5.41) is 0.984. The lowest BCUT2D eigenvalue weighted by Crippen LogP contribution is -2.37. The first-order chi connectivity index (χ1) is 12.4. The molecule has 0 unspecified atom stereocenters. The Balaban J connectivity index is 1.74. The molecular weight excluding hydrogens is 328 g/mol. The SMILES string of the molecule is Cc1[nH]c2ccc(C(=O)O[C@@H](C)C(=O)N(C)c3ccccc3)cc2c1C. The lowest BCUT2D eigenvalue weighted by atomic mass is 10.1. The first-order valence-corrected chi connectivity index (χ1v) is 8.51. The first-order valence-electron chi connectivity index (χ1n) is 8.51. The van der Waals surface area contributed by atoms with Crippen LogP contribution in [0.1, 0.15) is 28.5 Å². The minimum absolute atomic E-state index is 0.278. The maximum Gasteiger partial charge on any atom is 0.338 e. The van der Waals surface area contributed by atoms with Crippen molar-refractivity contribution in [2.45, 2.75) is 26.9 Å². The van der Waals surface area contributed by atoms with Crippen LogP contribution in [0.5, 0.6) is 0 Å². The molecule has 1 amide bonds. The molecule has 3 aromatic rings. The van der Waals surface area contributed by atoms with E-state index in [0.717, 1.165) is 27.8 Å². The van der Waals surface area contributed by atoms with Crippen LogP contribution in [-0.2, 0) is 9.53 Å². The van der Waals surface area contributed by atoms with Gasteiger partial charge in [0.15, 0.2) is 6.10 Å². The number of likely N-dealkylation sites (N-methyl/N-ethyl adjacent to an activating group) is 1. The zero-order valence-electron chi connectivity index (χ0n) is 15.4. The van der Waals surface area contributed by atoms with Gasteiger partial charge in [-0.15, -0.1) is 0 Å². The average Bonchev–Trinajstić information content (AvgIpc) is 2.94. The minimum Gasteiger partial charge on any atom is -0.449 e. The number of anilines is 1. The van der Waals surface area contributed by atoms with E-state index >= 15 is 0 Å². The van der Waals surface area contributed by atoms with Crippen molar-refractivity contribution in [3.8, 4) is 0 Å². The van der Waals surface area contributed by atoms with Crippen LogP contribution in [0.2, 0.25) is 0 Å². The number of ether oxygens (including phenoxy) is 1. The van der Waals surface area contributed by atoms with Crippen LogP contribution < -0.4 is 4.90 Å². The Hall–Kier alpha value is -3.08. The summed E-state index contributed by atoms with van der Waals surface area (Å²) in [5.41, 5.74) is 4.33. The fraction of sp³-hybridized carbons (Fsp3) is 0.238. The molecule has 0 bridgehead atoms. The number of aryl methyl sites for hydroxylation is 2. The highest BCUT2D eigenvalue weighted by Gasteiger charge is 2.23. The predicted octanol–water partition coefficient (Wildman–Crippen LogP) is 3.99. The molecule has 0 saturated heterocycles. The number of hydrogen-bond acceptors (Lipinski definition) is 3. The van der Waals surface area contributed by atoms with E-state index in [4.69, 9.17) is 4.74 Å². The van der Waals surface area contributed by atoms with Gasteiger partial charge in [-0.1, -0.05) is 18.2 Å². The summed E-state index contributed by atoms with van der Waals surface area (Å²) in [6.45, 7) is 5.58. The predicted molar refractivity (Wildman–Crippen MR) is 103 cm³/mol. The van der Waals surface area contributed by atoms with Crippen molar-refractivity contribution in [1.82, 2.24) is 4.98 Å². The monoisotopic (exact) mass is 350 g/mol. The number of nitrogens with one attached hydrogen (secondary N) is 1. The van der Waals surface area contributed by atoms with Crippen molar-refractivity contribution >= 4 is 28.5 Å². The lowest BCUT2D eigenvalue weighted by molar-refractivity contribution is -0.126. The van der Waals surface area contributed by atoms with Crippen LogP contribution in [0.25, 0.3) is 10.9 Å². The summed E-state index contributed by atoms with van der Waals surface area (Å²) < 4.78 is 5.40. The Kier molecular flexibility index (Phi) is 4.80. The van der Waals surface area contributed by atoms with Gasteiger partial charge in [-0.2, -0.15) is 0 Å². The number of para-hydroxylation sites is 1. The fourth-order valence-electron chi connectivity index (χ4n) is 2.92. The number of amides is 1. The van der Waals surface area contributed by atoms with Gasteiger partial charge in [-0.05, 0) is 56.7 Å². The summed E-state index contributed by atoms with van der Waals surface area (Å²) in [4.78, 5) is 29.8. The molecule has 1 aromatic heterocycles. The molecule has 1 atom stereocenters. The van der Waals surface area contributed by atoms with Crippen molar-refractivity contribution in [1.29, 1.82) is 0 Å². The van der Waals surface area contributed by atoms with E-state index in [9.17, 15) is 9.59 Å². The van der Waals surface area contributed by atoms with E-state index in [1.54, 1.807) is 26.1 Å². The zero-order chi connectivity index (χ0) is 18.8. The molecule has 0 aliphatic carbocycles. The third kappa shape index (κ3) is 3.33. The second-order valence-corrected chi connectivity index (χ2v) is 6.42. The number of esters is 1. The molecule has 1 heterocycles. The van der Waals surface area contributed by atoms with Crippen LogP contribution in [0.4, 0.5) is 5.69 Å². The standard InChI is InChI=1S/C21H22N2O3/c1-13-14(2)22-19-11-10-16(12-18(13)19)21(25)26-15(3)20(24)23(4)17-8-6-5-7-9-17/h5-12,15,22H,1-4H3/t15-/m0/s1.